The van der Waals surface area contributed by atoms with Crippen LogP contribution in [0.15, 0.2) is 29.2 Å². The highest BCUT2D eigenvalue weighted by Gasteiger charge is 2.26. The van der Waals surface area contributed by atoms with Crippen LogP contribution in [0, 0.1) is 0 Å². The number of rotatable bonds is 3. The zero-order valence-corrected chi connectivity index (χ0v) is 14.5. The van der Waals surface area contributed by atoms with Crippen molar-refractivity contribution in [3.05, 3.63) is 24.3 Å². The van der Waals surface area contributed by atoms with Crippen molar-refractivity contribution in [2.45, 2.75) is 17.7 Å². The molecule has 1 aromatic carbocycles. The molecule has 2 fully saturated rings. The van der Waals surface area contributed by atoms with E-state index in [1.165, 1.54) is 17.1 Å². The first-order valence-electron chi connectivity index (χ1n) is 7.81. The monoisotopic (exact) mass is 355 g/mol. The lowest BCUT2D eigenvalue weighted by Crippen LogP contribution is -2.40. The van der Waals surface area contributed by atoms with Gasteiger partial charge >= 0.3 is 0 Å². The van der Waals surface area contributed by atoms with Gasteiger partial charge in [-0.3, -0.25) is 0 Å². The molecule has 3 rings (SSSR count). The van der Waals surface area contributed by atoms with Gasteiger partial charge in [-0.1, -0.05) is 0 Å². The predicted molar refractivity (Wildman–Crippen MR) is 93.0 cm³/mol. The van der Waals surface area contributed by atoms with Gasteiger partial charge in [-0.15, -0.1) is 0 Å². The Morgan fingerprint density at radius 3 is 2.26 bits per heavy atom. The number of morpholine rings is 1. The summed E-state index contributed by atoms with van der Waals surface area (Å²) in [4.78, 5) is 2.44. The van der Waals surface area contributed by atoms with E-state index in [0.29, 0.717) is 36.3 Å². The number of thiocarbonyl (C=S) groups is 1. The lowest BCUT2D eigenvalue weighted by molar-refractivity contribution is 0.0730. The molecule has 0 atom stereocenters. The lowest BCUT2D eigenvalue weighted by Gasteiger charge is -2.26. The first kappa shape index (κ1) is 16.6. The molecular weight excluding hydrogens is 334 g/mol. The number of anilines is 1. The first-order chi connectivity index (χ1) is 11.1. The molecular formula is C15H21N3O3S2. The van der Waals surface area contributed by atoms with Gasteiger partial charge in [-0.05, 0) is 49.3 Å². The van der Waals surface area contributed by atoms with Crippen molar-refractivity contribution in [3.8, 4) is 0 Å². The van der Waals surface area contributed by atoms with Crippen molar-refractivity contribution in [2.75, 3.05) is 44.7 Å². The molecule has 126 valence electrons. The molecule has 6 nitrogen and oxygen atoms in total. The van der Waals surface area contributed by atoms with Crippen LogP contribution in [0.2, 0.25) is 0 Å². The van der Waals surface area contributed by atoms with Crippen LogP contribution in [0.5, 0.6) is 0 Å². The minimum Gasteiger partial charge on any atom is -0.379 e. The number of nitrogens with zero attached hydrogens (tertiary/aromatic N) is 2. The number of hydrogen-bond acceptors (Lipinski definition) is 4. The standard InChI is InChI=1S/C15H21N3O3S2/c19-23(20,18-9-11-21-12-10-18)14-5-3-13(4-6-14)16-15(22)17-7-1-2-8-17/h3-6H,1-2,7-12H2,(H,16,22). The maximum atomic E-state index is 12.5. The Labute approximate surface area is 142 Å². The fraction of sp³-hybridized carbons (Fsp3) is 0.533. The van der Waals surface area contributed by atoms with Gasteiger partial charge in [-0.2, -0.15) is 4.31 Å². The van der Waals surface area contributed by atoms with E-state index in [9.17, 15) is 8.42 Å². The molecule has 0 unspecified atom stereocenters. The van der Waals surface area contributed by atoms with Gasteiger partial charge in [0.1, 0.15) is 0 Å². The van der Waals surface area contributed by atoms with Crippen molar-refractivity contribution in [1.29, 1.82) is 0 Å². The van der Waals surface area contributed by atoms with Crippen LogP contribution in [-0.4, -0.2) is 62.1 Å². The van der Waals surface area contributed by atoms with Crippen LogP contribution in [0.1, 0.15) is 12.8 Å². The summed E-state index contributed by atoms with van der Waals surface area (Å²) in [5, 5.41) is 3.87. The Balaban J connectivity index is 1.67. The first-order valence-corrected chi connectivity index (χ1v) is 9.66. The van der Waals surface area contributed by atoms with E-state index in [1.807, 2.05) is 0 Å². The van der Waals surface area contributed by atoms with Crippen molar-refractivity contribution in [2.24, 2.45) is 0 Å². The summed E-state index contributed by atoms with van der Waals surface area (Å²) in [6.07, 6.45) is 2.33. The molecule has 1 N–H and O–H groups in total. The average Bonchev–Trinajstić information content (AvgIpc) is 3.11. The maximum Gasteiger partial charge on any atom is 0.243 e. The smallest absolute Gasteiger partial charge is 0.243 e. The highest BCUT2D eigenvalue weighted by Crippen LogP contribution is 2.20. The third-order valence-electron chi connectivity index (χ3n) is 4.11. The van der Waals surface area contributed by atoms with E-state index >= 15 is 0 Å². The summed E-state index contributed by atoms with van der Waals surface area (Å²) in [6.45, 7) is 3.67. The molecule has 2 heterocycles. The lowest BCUT2D eigenvalue weighted by atomic mass is 10.3. The number of likely N-dealkylation sites (tertiary alicyclic amines) is 1. The number of sulfonamides is 1. The maximum absolute atomic E-state index is 12.5. The molecule has 2 aliphatic rings. The molecule has 0 amide bonds. The second kappa shape index (κ2) is 7.12. The van der Waals surface area contributed by atoms with Gasteiger partial charge in [0.15, 0.2) is 5.11 Å². The van der Waals surface area contributed by atoms with Gasteiger partial charge in [-0.25, -0.2) is 8.42 Å². The van der Waals surface area contributed by atoms with Gasteiger partial charge in [0.25, 0.3) is 0 Å². The van der Waals surface area contributed by atoms with Crippen LogP contribution in [0.3, 0.4) is 0 Å². The highest BCUT2D eigenvalue weighted by molar-refractivity contribution is 7.89. The van der Waals surface area contributed by atoms with E-state index < -0.39 is 10.0 Å². The summed E-state index contributed by atoms with van der Waals surface area (Å²) in [5.74, 6) is 0. The van der Waals surface area contributed by atoms with Crippen LogP contribution in [0.25, 0.3) is 0 Å². The van der Waals surface area contributed by atoms with Crippen LogP contribution >= 0.6 is 12.2 Å². The number of nitrogens with one attached hydrogen (secondary N) is 1. The molecule has 23 heavy (non-hydrogen) atoms. The van der Waals surface area contributed by atoms with Crippen LogP contribution < -0.4 is 5.32 Å². The van der Waals surface area contributed by atoms with Crippen molar-refractivity contribution < 1.29 is 13.2 Å². The van der Waals surface area contributed by atoms with E-state index in [4.69, 9.17) is 17.0 Å². The minimum absolute atomic E-state index is 0.303. The van der Waals surface area contributed by atoms with Crippen molar-refractivity contribution in [3.63, 3.8) is 0 Å². The largest absolute Gasteiger partial charge is 0.379 e. The molecule has 1 aromatic rings. The normalized spacial score (nSPS) is 19.7. The van der Waals surface area contributed by atoms with E-state index in [-0.39, 0.29) is 0 Å². The molecule has 0 radical (unpaired) electrons. The Hall–Kier alpha value is -1.22. The summed E-state index contributed by atoms with van der Waals surface area (Å²) in [6, 6.07) is 6.77. The molecule has 0 saturated carbocycles. The molecule has 2 aliphatic heterocycles. The quantitative estimate of drug-likeness (QED) is 0.829. The second-order valence-electron chi connectivity index (χ2n) is 5.67. The van der Waals surface area contributed by atoms with Gasteiger partial charge < -0.3 is 15.0 Å². The predicted octanol–water partition coefficient (Wildman–Crippen LogP) is 1.50. The molecule has 0 bridgehead atoms. The fourth-order valence-electron chi connectivity index (χ4n) is 2.77. The van der Waals surface area contributed by atoms with E-state index in [2.05, 4.69) is 10.2 Å². The van der Waals surface area contributed by atoms with Crippen molar-refractivity contribution >= 4 is 33.0 Å². The summed E-state index contributed by atoms with van der Waals surface area (Å²) in [5.41, 5.74) is 0.808. The highest BCUT2D eigenvalue weighted by atomic mass is 32.2. The third kappa shape index (κ3) is 3.82. The van der Waals surface area contributed by atoms with E-state index in [0.717, 1.165) is 18.8 Å². The Bertz CT molecular complexity index is 649. The Morgan fingerprint density at radius 1 is 1.04 bits per heavy atom. The summed E-state index contributed by atoms with van der Waals surface area (Å²) < 4.78 is 31.8. The van der Waals surface area contributed by atoms with E-state index in [1.54, 1.807) is 24.3 Å². The number of ether oxygens (including phenoxy) is 1. The Kier molecular flexibility index (Phi) is 5.15. The number of benzene rings is 1. The van der Waals surface area contributed by atoms with Gasteiger partial charge in [0.2, 0.25) is 10.0 Å². The molecule has 2 saturated heterocycles. The zero-order chi connectivity index (χ0) is 16.3. The topological polar surface area (TPSA) is 61.9 Å². The Morgan fingerprint density at radius 2 is 1.65 bits per heavy atom. The summed E-state index contributed by atoms with van der Waals surface area (Å²) in [7, 11) is -3.44. The average molecular weight is 355 g/mol. The molecule has 0 aromatic heterocycles. The van der Waals surface area contributed by atoms with Crippen LogP contribution in [0.4, 0.5) is 5.69 Å². The third-order valence-corrected chi connectivity index (χ3v) is 6.38. The molecule has 8 heteroatoms. The van der Waals surface area contributed by atoms with Gasteiger partial charge in [0, 0.05) is 31.9 Å². The van der Waals surface area contributed by atoms with Gasteiger partial charge in [0.05, 0.1) is 18.1 Å². The fourth-order valence-corrected chi connectivity index (χ4v) is 4.48. The molecule has 0 aliphatic carbocycles. The van der Waals surface area contributed by atoms with Crippen molar-refractivity contribution in [1.82, 2.24) is 9.21 Å². The summed E-state index contributed by atoms with van der Waals surface area (Å²) >= 11 is 5.38. The SMILES string of the molecule is O=S(=O)(c1ccc(NC(=S)N2CCCC2)cc1)N1CCOCC1. The molecule has 0 spiro atoms. The second-order valence-corrected chi connectivity index (χ2v) is 7.99. The minimum atomic E-state index is -3.44. The number of hydrogen-bond donors (Lipinski definition) is 1. The zero-order valence-electron chi connectivity index (χ0n) is 12.9. The van der Waals surface area contributed by atoms with Crippen LogP contribution in [-0.2, 0) is 14.8 Å².